The molecule has 0 amide bonds. The van der Waals surface area contributed by atoms with E-state index in [2.05, 4.69) is 6.92 Å². The molecule has 0 rings (SSSR count). The van der Waals surface area contributed by atoms with Crippen molar-refractivity contribution < 1.29 is 9.90 Å². The third-order valence-electron chi connectivity index (χ3n) is 3.85. The van der Waals surface area contributed by atoms with E-state index < -0.39 is 5.97 Å². The van der Waals surface area contributed by atoms with Gasteiger partial charge in [0.15, 0.2) is 0 Å². The fraction of sp³-hybridized carbons (Fsp3) is 0.833. The van der Waals surface area contributed by atoms with Crippen LogP contribution in [0.15, 0.2) is 11.6 Å². The number of hydrogen-bond acceptors (Lipinski definition) is 1. The topological polar surface area (TPSA) is 37.3 Å². The molecule has 0 heterocycles. The van der Waals surface area contributed by atoms with Gasteiger partial charge in [-0.25, -0.2) is 4.79 Å². The van der Waals surface area contributed by atoms with Crippen LogP contribution in [-0.2, 0) is 4.79 Å². The predicted molar refractivity (Wildman–Crippen MR) is 87.1 cm³/mol. The van der Waals surface area contributed by atoms with Crippen LogP contribution < -0.4 is 0 Å². The molecule has 0 unspecified atom stereocenters. The largest absolute Gasteiger partial charge is 0.478 e. The average Bonchev–Trinajstić information content (AvgIpc) is 2.43. The van der Waals surface area contributed by atoms with Gasteiger partial charge < -0.3 is 5.11 Å². The molecule has 0 saturated carbocycles. The molecule has 0 aromatic rings. The van der Waals surface area contributed by atoms with Gasteiger partial charge in [0.2, 0.25) is 0 Å². The molecule has 0 aromatic heterocycles. The van der Waals surface area contributed by atoms with Crippen LogP contribution in [0, 0.1) is 0 Å². The summed E-state index contributed by atoms with van der Waals surface area (Å²) in [5.74, 6) is -0.754. The third kappa shape index (κ3) is 12.3. The molecule has 2 heteroatoms. The molecule has 0 radical (unpaired) electrons. The molecule has 0 aromatic carbocycles. The normalized spacial score (nSPS) is 11.8. The molecule has 0 aliphatic carbocycles. The second kappa shape index (κ2) is 14.6. The summed E-state index contributed by atoms with van der Waals surface area (Å²) in [5.41, 5.74) is 0.567. The van der Waals surface area contributed by atoms with Crippen molar-refractivity contribution in [2.75, 3.05) is 0 Å². The summed E-state index contributed by atoms with van der Waals surface area (Å²) in [5, 5.41) is 8.88. The summed E-state index contributed by atoms with van der Waals surface area (Å²) in [6, 6.07) is 0. The van der Waals surface area contributed by atoms with Crippen LogP contribution >= 0.6 is 0 Å². The Bertz CT molecular complexity index is 256. The number of aliphatic carboxylic acids is 1. The molecule has 20 heavy (non-hydrogen) atoms. The SMILES string of the molecule is CCCCCCCCCCCCCC=C(CC)C(=O)O. The van der Waals surface area contributed by atoms with Crippen molar-refractivity contribution in [1.82, 2.24) is 0 Å². The molecule has 0 fully saturated rings. The van der Waals surface area contributed by atoms with Crippen molar-refractivity contribution in [3.63, 3.8) is 0 Å². The second-order valence-electron chi connectivity index (χ2n) is 5.71. The monoisotopic (exact) mass is 282 g/mol. The maximum absolute atomic E-state index is 10.8. The zero-order valence-electron chi connectivity index (χ0n) is 13.6. The fourth-order valence-electron chi connectivity index (χ4n) is 2.47. The lowest BCUT2D eigenvalue weighted by Gasteiger charge is -2.02. The van der Waals surface area contributed by atoms with E-state index in [9.17, 15) is 4.79 Å². The Hall–Kier alpha value is -0.790. The summed E-state index contributed by atoms with van der Waals surface area (Å²) in [4.78, 5) is 10.8. The van der Waals surface area contributed by atoms with Crippen molar-refractivity contribution in [1.29, 1.82) is 0 Å². The first-order valence-corrected chi connectivity index (χ1v) is 8.64. The molecule has 1 N–H and O–H groups in total. The number of carboxylic acid groups (broad SMARTS) is 1. The van der Waals surface area contributed by atoms with Crippen LogP contribution in [0.1, 0.15) is 97.3 Å². The Morgan fingerprint density at radius 1 is 0.800 bits per heavy atom. The Morgan fingerprint density at radius 2 is 1.25 bits per heavy atom. The van der Waals surface area contributed by atoms with Gasteiger partial charge in [-0.15, -0.1) is 0 Å². The first kappa shape index (κ1) is 19.2. The van der Waals surface area contributed by atoms with Crippen molar-refractivity contribution in [3.8, 4) is 0 Å². The summed E-state index contributed by atoms with van der Waals surface area (Å²) in [7, 11) is 0. The number of hydrogen-bond donors (Lipinski definition) is 1. The van der Waals surface area contributed by atoms with E-state index in [1.165, 1.54) is 64.2 Å². The molecule has 0 saturated heterocycles. The van der Waals surface area contributed by atoms with Crippen LogP contribution in [0.25, 0.3) is 0 Å². The van der Waals surface area contributed by atoms with Crippen LogP contribution in [-0.4, -0.2) is 11.1 Å². The highest BCUT2D eigenvalue weighted by atomic mass is 16.4. The Labute approximate surface area is 125 Å². The maximum Gasteiger partial charge on any atom is 0.331 e. The van der Waals surface area contributed by atoms with Crippen molar-refractivity contribution in [2.24, 2.45) is 0 Å². The lowest BCUT2D eigenvalue weighted by atomic mass is 10.0. The highest BCUT2D eigenvalue weighted by molar-refractivity contribution is 5.86. The fourth-order valence-corrected chi connectivity index (χ4v) is 2.47. The van der Waals surface area contributed by atoms with E-state index in [0.29, 0.717) is 12.0 Å². The standard InChI is InChI=1S/C18H34O2/c1-3-5-6-7-8-9-10-11-12-13-14-15-16-17(4-2)18(19)20/h16H,3-15H2,1-2H3,(H,19,20). The molecule has 0 spiro atoms. The minimum Gasteiger partial charge on any atom is -0.478 e. The lowest BCUT2D eigenvalue weighted by Crippen LogP contribution is -1.98. The number of unbranched alkanes of at least 4 members (excludes halogenated alkanes) is 11. The summed E-state index contributed by atoms with van der Waals surface area (Å²) in [6.07, 6.45) is 18.2. The maximum atomic E-state index is 10.8. The van der Waals surface area contributed by atoms with Crippen LogP contribution in [0.2, 0.25) is 0 Å². The molecule has 2 nitrogen and oxygen atoms in total. The highest BCUT2D eigenvalue weighted by Crippen LogP contribution is 2.12. The van der Waals surface area contributed by atoms with Gasteiger partial charge in [0.1, 0.15) is 0 Å². The van der Waals surface area contributed by atoms with Gasteiger partial charge >= 0.3 is 5.97 Å². The van der Waals surface area contributed by atoms with E-state index in [4.69, 9.17) is 5.11 Å². The van der Waals surface area contributed by atoms with E-state index in [-0.39, 0.29) is 0 Å². The van der Waals surface area contributed by atoms with E-state index in [1.807, 2.05) is 13.0 Å². The molecule has 0 aliphatic heterocycles. The molecule has 0 aliphatic rings. The minimum atomic E-state index is -0.754. The summed E-state index contributed by atoms with van der Waals surface area (Å²) in [6.45, 7) is 4.16. The van der Waals surface area contributed by atoms with Gasteiger partial charge in [-0.2, -0.15) is 0 Å². The van der Waals surface area contributed by atoms with Crippen LogP contribution in [0.3, 0.4) is 0 Å². The quantitative estimate of drug-likeness (QED) is 0.308. The van der Waals surface area contributed by atoms with Crippen molar-refractivity contribution >= 4 is 5.97 Å². The Morgan fingerprint density at radius 3 is 1.65 bits per heavy atom. The van der Waals surface area contributed by atoms with E-state index >= 15 is 0 Å². The third-order valence-corrected chi connectivity index (χ3v) is 3.85. The summed E-state index contributed by atoms with van der Waals surface area (Å²) < 4.78 is 0. The average molecular weight is 282 g/mol. The van der Waals surface area contributed by atoms with Crippen molar-refractivity contribution in [3.05, 3.63) is 11.6 Å². The van der Waals surface area contributed by atoms with Gasteiger partial charge in [-0.05, 0) is 19.3 Å². The zero-order chi connectivity index (χ0) is 15.1. The minimum absolute atomic E-state index is 0.567. The molecule has 0 atom stereocenters. The predicted octanol–water partition coefficient (Wildman–Crippen LogP) is 6.11. The van der Waals surface area contributed by atoms with Crippen molar-refractivity contribution in [2.45, 2.75) is 97.3 Å². The first-order valence-electron chi connectivity index (χ1n) is 8.64. The highest BCUT2D eigenvalue weighted by Gasteiger charge is 2.02. The van der Waals surface area contributed by atoms with Gasteiger partial charge in [-0.3, -0.25) is 0 Å². The molecule has 118 valence electrons. The number of carbonyl (C=O) groups is 1. The summed E-state index contributed by atoms with van der Waals surface area (Å²) >= 11 is 0. The Balaban J connectivity index is 3.26. The smallest absolute Gasteiger partial charge is 0.331 e. The lowest BCUT2D eigenvalue weighted by molar-refractivity contribution is -0.132. The van der Waals surface area contributed by atoms with E-state index in [1.54, 1.807) is 0 Å². The van der Waals surface area contributed by atoms with E-state index in [0.717, 1.165) is 12.8 Å². The number of carboxylic acids is 1. The zero-order valence-corrected chi connectivity index (χ0v) is 13.6. The van der Waals surface area contributed by atoms with Crippen LogP contribution in [0.4, 0.5) is 0 Å². The van der Waals surface area contributed by atoms with Gasteiger partial charge in [0, 0.05) is 5.57 Å². The Kier molecular flexibility index (Phi) is 14.0. The van der Waals surface area contributed by atoms with Crippen LogP contribution in [0.5, 0.6) is 0 Å². The number of allylic oxidation sites excluding steroid dienone is 1. The molecular weight excluding hydrogens is 248 g/mol. The molecule has 0 bridgehead atoms. The molecular formula is C18H34O2. The second-order valence-corrected chi connectivity index (χ2v) is 5.71. The number of rotatable bonds is 14. The first-order chi connectivity index (χ1) is 9.72. The van der Waals surface area contributed by atoms with Gasteiger partial charge in [-0.1, -0.05) is 84.1 Å². The van der Waals surface area contributed by atoms with Gasteiger partial charge in [0.05, 0.1) is 0 Å². The van der Waals surface area contributed by atoms with Gasteiger partial charge in [0.25, 0.3) is 0 Å².